The Balaban J connectivity index is 2.49. The molecule has 0 aliphatic rings. The molecule has 1 aromatic carbocycles. The third-order valence-electron chi connectivity index (χ3n) is 3.23. The molecular formula is C17H19NO5. The van der Waals surface area contributed by atoms with Gasteiger partial charge >= 0.3 is 11.9 Å². The van der Waals surface area contributed by atoms with E-state index in [9.17, 15) is 14.4 Å². The molecule has 2 aromatic rings. The highest BCUT2D eigenvalue weighted by atomic mass is 16.6. The van der Waals surface area contributed by atoms with E-state index in [0.29, 0.717) is 16.5 Å². The number of aromatic nitrogens is 1. The summed E-state index contributed by atoms with van der Waals surface area (Å²) >= 11 is 0. The highest BCUT2D eigenvalue weighted by Crippen LogP contribution is 2.24. The largest absolute Gasteiger partial charge is 0.478 e. The lowest BCUT2D eigenvalue weighted by atomic mass is 10.1. The van der Waals surface area contributed by atoms with Gasteiger partial charge in [-0.1, -0.05) is 6.07 Å². The average Bonchev–Trinajstić information content (AvgIpc) is 2.74. The van der Waals surface area contributed by atoms with Crippen molar-refractivity contribution in [3.8, 4) is 0 Å². The number of esters is 1. The highest BCUT2D eigenvalue weighted by molar-refractivity contribution is 6.08. The quantitative estimate of drug-likeness (QED) is 0.692. The van der Waals surface area contributed by atoms with Gasteiger partial charge in [-0.05, 0) is 39.8 Å². The van der Waals surface area contributed by atoms with Crippen LogP contribution in [0.4, 0.5) is 0 Å². The van der Waals surface area contributed by atoms with Gasteiger partial charge in [0.25, 0.3) is 0 Å². The molecule has 2 rings (SSSR count). The van der Waals surface area contributed by atoms with Crippen molar-refractivity contribution in [2.24, 2.45) is 0 Å². The van der Waals surface area contributed by atoms with Crippen molar-refractivity contribution in [2.75, 3.05) is 0 Å². The van der Waals surface area contributed by atoms with E-state index in [4.69, 9.17) is 9.84 Å². The fourth-order valence-corrected chi connectivity index (χ4v) is 2.35. The van der Waals surface area contributed by atoms with Gasteiger partial charge in [0.15, 0.2) is 5.78 Å². The van der Waals surface area contributed by atoms with E-state index in [1.54, 1.807) is 37.6 Å². The van der Waals surface area contributed by atoms with Crippen LogP contribution in [0.3, 0.4) is 0 Å². The summed E-state index contributed by atoms with van der Waals surface area (Å²) in [5.41, 5.74) is 0.438. The zero-order valence-corrected chi connectivity index (χ0v) is 13.5. The molecule has 1 aromatic heterocycles. The number of ether oxygens (including phenoxy) is 1. The van der Waals surface area contributed by atoms with Crippen LogP contribution in [0.15, 0.2) is 24.4 Å². The summed E-state index contributed by atoms with van der Waals surface area (Å²) in [5, 5.41) is 9.73. The molecule has 0 saturated heterocycles. The van der Waals surface area contributed by atoms with Crippen molar-refractivity contribution >= 4 is 28.6 Å². The zero-order valence-electron chi connectivity index (χ0n) is 13.5. The van der Waals surface area contributed by atoms with Crippen molar-refractivity contribution in [2.45, 2.75) is 39.8 Å². The first kappa shape index (κ1) is 16.7. The van der Waals surface area contributed by atoms with Crippen LogP contribution in [0.5, 0.6) is 0 Å². The number of carboxylic acids is 1. The number of rotatable bonds is 4. The maximum atomic E-state index is 12.0. The molecule has 0 radical (unpaired) electrons. The van der Waals surface area contributed by atoms with Crippen molar-refractivity contribution in [1.82, 2.24) is 4.57 Å². The Labute approximate surface area is 133 Å². The minimum atomic E-state index is -1.07. The van der Waals surface area contributed by atoms with Crippen LogP contribution in [-0.4, -0.2) is 33.0 Å². The molecule has 1 N–H and O–H groups in total. The van der Waals surface area contributed by atoms with E-state index < -0.39 is 17.5 Å². The topological polar surface area (TPSA) is 85.6 Å². The third-order valence-corrected chi connectivity index (χ3v) is 3.23. The van der Waals surface area contributed by atoms with Gasteiger partial charge < -0.3 is 14.4 Å². The summed E-state index contributed by atoms with van der Waals surface area (Å²) in [5.74, 6) is -1.67. The lowest BCUT2D eigenvalue weighted by Crippen LogP contribution is -2.26. The number of carbonyl (C=O) groups is 3. The number of benzene rings is 1. The standard InChI is InChI=1S/C17H19NO5/c1-10(19)13-8-18(9-15(20)23-17(2,3)4)14-7-11(16(21)22)5-6-12(13)14/h5-8H,9H2,1-4H3,(H,21,22). The van der Waals surface area contributed by atoms with Gasteiger partial charge in [0.1, 0.15) is 12.1 Å². The molecule has 6 nitrogen and oxygen atoms in total. The molecule has 0 aliphatic heterocycles. The first-order valence-corrected chi connectivity index (χ1v) is 7.17. The maximum Gasteiger partial charge on any atom is 0.335 e. The summed E-state index contributed by atoms with van der Waals surface area (Å²) < 4.78 is 6.83. The molecule has 0 spiro atoms. The fourth-order valence-electron chi connectivity index (χ4n) is 2.35. The Morgan fingerprint density at radius 3 is 2.39 bits per heavy atom. The van der Waals surface area contributed by atoms with E-state index >= 15 is 0 Å². The first-order valence-electron chi connectivity index (χ1n) is 7.17. The van der Waals surface area contributed by atoms with E-state index in [1.165, 1.54) is 19.1 Å². The van der Waals surface area contributed by atoms with E-state index in [-0.39, 0.29) is 17.9 Å². The fraction of sp³-hybridized carbons (Fsp3) is 0.353. The van der Waals surface area contributed by atoms with Crippen molar-refractivity contribution in [3.05, 3.63) is 35.5 Å². The van der Waals surface area contributed by atoms with Crippen molar-refractivity contribution < 1.29 is 24.2 Å². The molecule has 0 saturated carbocycles. The number of Topliss-reactive ketones (excluding diaryl/α,β-unsaturated/α-hetero) is 1. The van der Waals surface area contributed by atoms with Crippen LogP contribution in [0.25, 0.3) is 10.9 Å². The molecule has 23 heavy (non-hydrogen) atoms. The lowest BCUT2D eigenvalue weighted by molar-refractivity contribution is -0.155. The summed E-state index contributed by atoms with van der Waals surface area (Å²) in [6.45, 7) is 6.63. The van der Waals surface area contributed by atoms with Crippen molar-refractivity contribution in [1.29, 1.82) is 0 Å². The summed E-state index contributed by atoms with van der Waals surface area (Å²) in [7, 11) is 0. The molecule has 6 heteroatoms. The number of fused-ring (bicyclic) bond motifs is 1. The van der Waals surface area contributed by atoms with Gasteiger partial charge in [0.2, 0.25) is 0 Å². The Kier molecular flexibility index (Phi) is 4.27. The zero-order chi connectivity index (χ0) is 17.4. The van der Waals surface area contributed by atoms with Crippen LogP contribution in [-0.2, 0) is 16.1 Å². The number of hydrogen-bond donors (Lipinski definition) is 1. The number of nitrogens with zero attached hydrogens (tertiary/aromatic N) is 1. The number of ketones is 1. The van der Waals surface area contributed by atoms with E-state index in [2.05, 4.69) is 0 Å². The van der Waals surface area contributed by atoms with Gasteiger partial charge in [-0.25, -0.2) is 4.79 Å². The maximum absolute atomic E-state index is 12.0. The number of aromatic carboxylic acids is 1. The normalized spacial score (nSPS) is 11.5. The molecule has 0 bridgehead atoms. The lowest BCUT2D eigenvalue weighted by Gasteiger charge is -2.19. The summed E-state index contributed by atoms with van der Waals surface area (Å²) in [6.07, 6.45) is 1.56. The molecule has 0 atom stereocenters. The van der Waals surface area contributed by atoms with E-state index in [0.717, 1.165) is 0 Å². The van der Waals surface area contributed by atoms with Gasteiger partial charge in [-0.15, -0.1) is 0 Å². The van der Waals surface area contributed by atoms with Crippen LogP contribution < -0.4 is 0 Å². The smallest absolute Gasteiger partial charge is 0.335 e. The SMILES string of the molecule is CC(=O)c1cn(CC(=O)OC(C)(C)C)c2cc(C(=O)O)ccc12. The summed E-state index contributed by atoms with van der Waals surface area (Å²) in [4.78, 5) is 34.9. The monoisotopic (exact) mass is 317 g/mol. The van der Waals surface area contributed by atoms with E-state index in [1.807, 2.05) is 0 Å². The Bertz CT molecular complexity index is 795. The molecule has 0 unspecified atom stereocenters. The van der Waals surface area contributed by atoms with Crippen LogP contribution in [0.2, 0.25) is 0 Å². The van der Waals surface area contributed by atoms with Crippen LogP contribution >= 0.6 is 0 Å². The number of carboxylic acid groups (broad SMARTS) is 1. The second-order valence-corrected chi connectivity index (χ2v) is 6.35. The number of carbonyl (C=O) groups excluding carboxylic acids is 2. The third kappa shape index (κ3) is 3.77. The molecule has 0 amide bonds. The Morgan fingerprint density at radius 2 is 1.87 bits per heavy atom. The van der Waals surface area contributed by atoms with Gasteiger partial charge in [-0.2, -0.15) is 0 Å². The van der Waals surface area contributed by atoms with Gasteiger partial charge in [-0.3, -0.25) is 9.59 Å². The minimum Gasteiger partial charge on any atom is -0.478 e. The molecule has 122 valence electrons. The molecular weight excluding hydrogens is 298 g/mol. The predicted octanol–water partition coefficient (Wildman–Crippen LogP) is 2.88. The second-order valence-electron chi connectivity index (χ2n) is 6.35. The molecule has 1 heterocycles. The Morgan fingerprint density at radius 1 is 1.22 bits per heavy atom. The molecule has 0 fully saturated rings. The van der Waals surface area contributed by atoms with Gasteiger partial charge in [0, 0.05) is 17.1 Å². The number of hydrogen-bond acceptors (Lipinski definition) is 4. The molecule has 0 aliphatic carbocycles. The van der Waals surface area contributed by atoms with Crippen LogP contribution in [0, 0.1) is 0 Å². The van der Waals surface area contributed by atoms with Crippen molar-refractivity contribution in [3.63, 3.8) is 0 Å². The summed E-state index contributed by atoms with van der Waals surface area (Å²) in [6, 6.07) is 4.48. The average molecular weight is 317 g/mol. The highest BCUT2D eigenvalue weighted by Gasteiger charge is 2.19. The predicted molar refractivity (Wildman–Crippen MR) is 84.7 cm³/mol. The second kappa shape index (κ2) is 5.87. The van der Waals surface area contributed by atoms with Gasteiger partial charge in [0.05, 0.1) is 11.1 Å². The first-order chi connectivity index (χ1) is 10.6. The Hall–Kier alpha value is -2.63. The van der Waals surface area contributed by atoms with Crippen LogP contribution in [0.1, 0.15) is 48.4 Å². The minimum absolute atomic E-state index is 0.0931.